The second-order valence-electron chi connectivity index (χ2n) is 9.60. The number of hydrogen-bond donors (Lipinski definition) is 2. The quantitative estimate of drug-likeness (QED) is 0.405. The van der Waals surface area contributed by atoms with Crippen molar-refractivity contribution >= 4 is 45.5 Å². The molecule has 0 spiro atoms. The molecule has 2 aliphatic rings. The lowest BCUT2D eigenvalue weighted by molar-refractivity contribution is 0.313. The van der Waals surface area contributed by atoms with Gasteiger partial charge in [0.25, 0.3) is 0 Å². The highest BCUT2D eigenvalue weighted by Gasteiger charge is 2.19. The van der Waals surface area contributed by atoms with Gasteiger partial charge in [0, 0.05) is 61.7 Å². The zero-order valence-corrected chi connectivity index (χ0v) is 20.7. The van der Waals surface area contributed by atoms with Crippen LogP contribution in [0.3, 0.4) is 0 Å². The summed E-state index contributed by atoms with van der Waals surface area (Å²) >= 11 is 0. The maximum absolute atomic E-state index is 4.93. The third-order valence-electron chi connectivity index (χ3n) is 7.01. The lowest BCUT2D eigenvalue weighted by Gasteiger charge is -2.34. The average molecular weight is 481 g/mol. The van der Waals surface area contributed by atoms with Gasteiger partial charge in [-0.2, -0.15) is 4.98 Å². The van der Waals surface area contributed by atoms with Crippen LogP contribution in [-0.2, 0) is 0 Å². The molecule has 8 heteroatoms. The number of likely N-dealkylation sites (N-methyl/N-ethyl adjacent to an activating group) is 1. The second kappa shape index (κ2) is 9.99. The molecule has 0 bridgehead atoms. The average Bonchev–Trinajstić information content (AvgIpc) is 3.45. The predicted octanol–water partition coefficient (Wildman–Crippen LogP) is 4.86. The molecule has 0 saturated carbocycles. The number of rotatable bonds is 6. The Labute approximate surface area is 212 Å². The van der Waals surface area contributed by atoms with E-state index in [9.17, 15) is 0 Å². The van der Waals surface area contributed by atoms with E-state index in [0.717, 1.165) is 73.2 Å². The third-order valence-corrected chi connectivity index (χ3v) is 7.01. The minimum absolute atomic E-state index is 0.595. The number of hydrogen-bond acceptors (Lipinski definition) is 8. The van der Waals surface area contributed by atoms with Crippen LogP contribution in [-0.4, -0.2) is 66.2 Å². The summed E-state index contributed by atoms with van der Waals surface area (Å²) in [6.07, 6.45) is 4.21. The zero-order valence-electron chi connectivity index (χ0n) is 20.7. The molecule has 2 fully saturated rings. The molecule has 0 aliphatic carbocycles. The minimum Gasteiger partial charge on any atom is -0.369 e. The standard InChI is InChI=1S/C28H32N8/c1-34-15-17-35(18-16-34)23-11-9-22(10-12-23)30-26-19-24-25(20-29-26)32-28(31-21-7-3-2-4-8-21)33-27(24)36-13-5-6-14-36/h2-4,7-12,19-20H,5-6,13-18H2,1H3,(H,29,30)(H,31,32,33). The first-order valence-electron chi connectivity index (χ1n) is 12.8. The largest absolute Gasteiger partial charge is 0.369 e. The van der Waals surface area contributed by atoms with Crippen molar-refractivity contribution in [3.05, 3.63) is 66.9 Å². The molecule has 36 heavy (non-hydrogen) atoms. The van der Waals surface area contributed by atoms with E-state index in [0.29, 0.717) is 5.95 Å². The van der Waals surface area contributed by atoms with Gasteiger partial charge in [0.15, 0.2) is 0 Å². The number of anilines is 6. The summed E-state index contributed by atoms with van der Waals surface area (Å²) in [6.45, 7) is 6.35. The van der Waals surface area contributed by atoms with E-state index < -0.39 is 0 Å². The maximum Gasteiger partial charge on any atom is 0.229 e. The lowest BCUT2D eigenvalue weighted by Crippen LogP contribution is -2.44. The molecular formula is C28H32N8. The first kappa shape index (κ1) is 22.5. The van der Waals surface area contributed by atoms with E-state index in [4.69, 9.17) is 9.97 Å². The summed E-state index contributed by atoms with van der Waals surface area (Å²) in [7, 11) is 2.18. The maximum atomic E-state index is 4.93. The van der Waals surface area contributed by atoms with Crippen molar-refractivity contribution in [1.29, 1.82) is 0 Å². The van der Waals surface area contributed by atoms with Gasteiger partial charge in [-0.25, -0.2) is 9.97 Å². The van der Waals surface area contributed by atoms with Gasteiger partial charge in [0.1, 0.15) is 11.6 Å². The van der Waals surface area contributed by atoms with Crippen LogP contribution in [0.2, 0.25) is 0 Å². The van der Waals surface area contributed by atoms with Crippen LogP contribution in [0.5, 0.6) is 0 Å². The number of nitrogens with zero attached hydrogens (tertiary/aromatic N) is 6. The minimum atomic E-state index is 0.595. The first-order chi connectivity index (χ1) is 17.7. The summed E-state index contributed by atoms with van der Waals surface area (Å²) in [6, 6.07) is 20.7. The third kappa shape index (κ3) is 4.90. The van der Waals surface area contributed by atoms with E-state index in [-0.39, 0.29) is 0 Å². The molecular weight excluding hydrogens is 448 g/mol. The van der Waals surface area contributed by atoms with Crippen LogP contribution in [0.4, 0.5) is 34.6 Å². The highest BCUT2D eigenvalue weighted by Crippen LogP contribution is 2.31. The fourth-order valence-electron chi connectivity index (χ4n) is 4.93. The van der Waals surface area contributed by atoms with Gasteiger partial charge in [0.05, 0.1) is 11.7 Å². The Morgan fingerprint density at radius 2 is 1.44 bits per heavy atom. The normalized spacial score (nSPS) is 16.5. The van der Waals surface area contributed by atoms with Crippen LogP contribution in [0.25, 0.3) is 10.9 Å². The van der Waals surface area contributed by atoms with Crippen LogP contribution in [0, 0.1) is 0 Å². The topological polar surface area (TPSA) is 72.5 Å². The Kier molecular flexibility index (Phi) is 6.26. The molecule has 2 saturated heterocycles. The van der Waals surface area contributed by atoms with Gasteiger partial charge in [-0.05, 0) is 62.4 Å². The van der Waals surface area contributed by atoms with Gasteiger partial charge in [0.2, 0.25) is 5.95 Å². The van der Waals surface area contributed by atoms with Crippen LogP contribution >= 0.6 is 0 Å². The number of aromatic nitrogens is 3. The summed E-state index contributed by atoms with van der Waals surface area (Å²) in [5.74, 6) is 2.35. The molecule has 0 unspecified atom stereocenters. The Morgan fingerprint density at radius 1 is 0.722 bits per heavy atom. The van der Waals surface area contributed by atoms with Gasteiger partial charge < -0.3 is 25.3 Å². The van der Waals surface area contributed by atoms with Gasteiger partial charge in [-0.1, -0.05) is 18.2 Å². The number of benzene rings is 2. The molecule has 184 valence electrons. The van der Waals surface area contributed by atoms with Crippen LogP contribution in [0.15, 0.2) is 66.9 Å². The number of piperazine rings is 1. The molecule has 4 aromatic rings. The van der Waals surface area contributed by atoms with Crippen molar-refractivity contribution in [3.8, 4) is 0 Å². The van der Waals surface area contributed by atoms with Crippen molar-refractivity contribution < 1.29 is 0 Å². The zero-order chi connectivity index (χ0) is 24.3. The summed E-state index contributed by atoms with van der Waals surface area (Å²) in [4.78, 5) is 21.6. The summed E-state index contributed by atoms with van der Waals surface area (Å²) < 4.78 is 0. The molecule has 4 heterocycles. The van der Waals surface area contributed by atoms with E-state index >= 15 is 0 Å². The Morgan fingerprint density at radius 3 is 2.19 bits per heavy atom. The Balaban J connectivity index is 1.26. The molecule has 0 amide bonds. The molecule has 2 N–H and O–H groups in total. The fourth-order valence-corrected chi connectivity index (χ4v) is 4.93. The molecule has 2 aliphatic heterocycles. The monoisotopic (exact) mass is 480 g/mol. The number of pyridine rings is 1. The second-order valence-corrected chi connectivity index (χ2v) is 9.60. The molecule has 0 radical (unpaired) electrons. The predicted molar refractivity (Wildman–Crippen MR) is 148 cm³/mol. The van der Waals surface area contributed by atoms with Gasteiger partial charge in [-0.15, -0.1) is 0 Å². The van der Waals surface area contributed by atoms with Crippen molar-refractivity contribution in [2.45, 2.75) is 12.8 Å². The van der Waals surface area contributed by atoms with Crippen molar-refractivity contribution in [2.75, 3.05) is 66.7 Å². The van der Waals surface area contributed by atoms with Crippen molar-refractivity contribution in [2.24, 2.45) is 0 Å². The molecule has 8 nitrogen and oxygen atoms in total. The highest BCUT2D eigenvalue weighted by molar-refractivity contribution is 5.92. The van der Waals surface area contributed by atoms with Crippen LogP contribution in [0.1, 0.15) is 12.8 Å². The first-order valence-corrected chi connectivity index (χ1v) is 12.8. The van der Waals surface area contributed by atoms with Gasteiger partial charge >= 0.3 is 0 Å². The highest BCUT2D eigenvalue weighted by atomic mass is 15.3. The smallest absolute Gasteiger partial charge is 0.229 e. The van der Waals surface area contributed by atoms with E-state index in [1.165, 1.54) is 18.5 Å². The summed E-state index contributed by atoms with van der Waals surface area (Å²) in [5, 5.41) is 7.84. The Bertz CT molecular complexity index is 1310. The Hall–Kier alpha value is -3.91. The number of fused-ring (bicyclic) bond motifs is 1. The van der Waals surface area contributed by atoms with Crippen molar-refractivity contribution in [1.82, 2.24) is 19.9 Å². The molecule has 6 rings (SSSR count). The number of nitrogens with one attached hydrogen (secondary N) is 2. The number of para-hydroxylation sites is 1. The molecule has 2 aromatic carbocycles. The van der Waals surface area contributed by atoms with E-state index in [2.05, 4.69) is 67.7 Å². The van der Waals surface area contributed by atoms with Crippen molar-refractivity contribution in [3.63, 3.8) is 0 Å². The molecule has 0 atom stereocenters. The SMILES string of the molecule is CN1CCN(c2ccc(Nc3cc4c(N5CCCC5)nc(Nc5ccccc5)nc4cn3)cc2)CC1. The van der Waals surface area contributed by atoms with E-state index in [1.54, 1.807) is 0 Å². The summed E-state index contributed by atoms with van der Waals surface area (Å²) in [5.41, 5.74) is 4.09. The lowest BCUT2D eigenvalue weighted by atomic mass is 10.2. The molecule has 2 aromatic heterocycles. The van der Waals surface area contributed by atoms with E-state index in [1.807, 2.05) is 36.5 Å². The van der Waals surface area contributed by atoms with Gasteiger partial charge in [-0.3, -0.25) is 0 Å². The fraction of sp³-hybridized carbons (Fsp3) is 0.321. The van der Waals surface area contributed by atoms with Crippen LogP contribution < -0.4 is 20.4 Å².